The first-order valence-corrected chi connectivity index (χ1v) is 7.70. The van der Waals surface area contributed by atoms with Gasteiger partial charge in [0.2, 0.25) is 11.7 Å². The third-order valence-corrected chi connectivity index (χ3v) is 3.71. The van der Waals surface area contributed by atoms with Crippen LogP contribution >= 0.6 is 0 Å². The van der Waals surface area contributed by atoms with E-state index in [1.54, 1.807) is 18.2 Å². The Kier molecular flexibility index (Phi) is 5.20. The summed E-state index contributed by atoms with van der Waals surface area (Å²) in [6.07, 6.45) is 3.52. The molecule has 5 nitrogen and oxygen atoms in total. The summed E-state index contributed by atoms with van der Waals surface area (Å²) >= 11 is 0. The maximum atomic E-state index is 12.5. The van der Waals surface area contributed by atoms with Gasteiger partial charge in [-0.1, -0.05) is 38.8 Å². The summed E-state index contributed by atoms with van der Waals surface area (Å²) in [7, 11) is 0. The molecule has 1 aromatic carbocycles. The van der Waals surface area contributed by atoms with Crippen molar-refractivity contribution in [3.63, 3.8) is 0 Å². The first-order valence-electron chi connectivity index (χ1n) is 7.70. The second kappa shape index (κ2) is 7.11. The van der Waals surface area contributed by atoms with Gasteiger partial charge < -0.3 is 15.5 Å². The molecule has 0 saturated carbocycles. The van der Waals surface area contributed by atoms with Crippen LogP contribution in [0.2, 0.25) is 0 Å². The van der Waals surface area contributed by atoms with Gasteiger partial charge in [-0.3, -0.25) is 9.59 Å². The third-order valence-electron chi connectivity index (χ3n) is 3.71. The third kappa shape index (κ3) is 3.30. The van der Waals surface area contributed by atoms with Gasteiger partial charge in [0.05, 0.1) is 0 Å². The normalized spacial score (nSPS) is 11.0. The minimum absolute atomic E-state index is 0.00120. The fourth-order valence-corrected chi connectivity index (χ4v) is 2.67. The Morgan fingerprint density at radius 2 is 1.82 bits per heavy atom. The number of benzene rings is 1. The van der Waals surface area contributed by atoms with E-state index in [1.165, 1.54) is 0 Å². The molecule has 0 aliphatic rings. The molecule has 118 valence electrons. The number of rotatable bonds is 7. The monoisotopic (exact) mass is 302 g/mol. The molecule has 1 aromatic heterocycles. The Bertz CT molecular complexity index is 670. The van der Waals surface area contributed by atoms with Crippen molar-refractivity contribution in [1.29, 1.82) is 0 Å². The van der Waals surface area contributed by atoms with E-state index >= 15 is 0 Å². The lowest BCUT2D eigenvalue weighted by atomic mass is 9.97. The predicted octanol–water partition coefficient (Wildman–Crippen LogP) is 3.69. The summed E-state index contributed by atoms with van der Waals surface area (Å²) in [5.41, 5.74) is 6.28. The van der Waals surface area contributed by atoms with E-state index in [9.17, 15) is 9.59 Å². The molecule has 1 heterocycles. The number of carbonyl (C=O) groups excluding carboxylic acids is 2. The van der Waals surface area contributed by atoms with Gasteiger partial charge in [0.25, 0.3) is 5.91 Å². The van der Waals surface area contributed by atoms with Crippen LogP contribution in [0, 0.1) is 5.92 Å². The predicted molar refractivity (Wildman–Crippen MR) is 86.7 cm³/mol. The molecule has 0 bridgehead atoms. The second-order valence-corrected chi connectivity index (χ2v) is 5.43. The Labute approximate surface area is 129 Å². The molecular weight excluding hydrogens is 280 g/mol. The summed E-state index contributed by atoms with van der Waals surface area (Å²) < 4.78 is 5.47. The summed E-state index contributed by atoms with van der Waals surface area (Å²) in [5.74, 6) is -0.836. The molecule has 2 aromatic rings. The van der Waals surface area contributed by atoms with Crippen molar-refractivity contribution in [1.82, 2.24) is 0 Å². The zero-order valence-electron chi connectivity index (χ0n) is 13.0. The maximum absolute atomic E-state index is 12.5. The number of anilines is 1. The van der Waals surface area contributed by atoms with Crippen molar-refractivity contribution in [2.45, 2.75) is 39.5 Å². The lowest BCUT2D eigenvalue weighted by Crippen LogP contribution is -2.24. The van der Waals surface area contributed by atoms with Crippen molar-refractivity contribution in [2.24, 2.45) is 11.7 Å². The van der Waals surface area contributed by atoms with Crippen LogP contribution < -0.4 is 11.1 Å². The first-order chi connectivity index (χ1) is 10.6. The van der Waals surface area contributed by atoms with Crippen LogP contribution in [-0.2, 0) is 4.79 Å². The molecule has 0 aliphatic heterocycles. The number of primary amides is 1. The Morgan fingerprint density at radius 3 is 2.41 bits per heavy atom. The van der Waals surface area contributed by atoms with Crippen molar-refractivity contribution in [3.8, 4) is 0 Å². The molecular formula is C17H22N2O3. The number of hydrogen-bond acceptors (Lipinski definition) is 3. The molecule has 2 rings (SSSR count). The minimum atomic E-state index is -0.686. The van der Waals surface area contributed by atoms with Crippen molar-refractivity contribution in [3.05, 3.63) is 30.0 Å². The van der Waals surface area contributed by atoms with E-state index in [1.807, 2.05) is 6.07 Å². The standard InChI is InChI=1S/C17H22N2O3/c1-3-7-11(8-4-2)17(21)19-14-12-9-5-6-10-13(12)22-15(14)16(18)20/h5-6,9-11H,3-4,7-8H2,1-2H3,(H2,18,20)(H,19,21). The van der Waals surface area contributed by atoms with Crippen LogP contribution in [0.25, 0.3) is 11.0 Å². The SMILES string of the molecule is CCCC(CCC)C(=O)Nc1c(C(N)=O)oc2ccccc12. The average Bonchev–Trinajstić information content (AvgIpc) is 2.86. The lowest BCUT2D eigenvalue weighted by molar-refractivity contribution is -0.120. The highest BCUT2D eigenvalue weighted by atomic mass is 16.3. The second-order valence-electron chi connectivity index (χ2n) is 5.43. The molecule has 3 N–H and O–H groups in total. The summed E-state index contributed by atoms with van der Waals surface area (Å²) in [6, 6.07) is 7.18. The minimum Gasteiger partial charge on any atom is -0.449 e. The summed E-state index contributed by atoms with van der Waals surface area (Å²) in [6.45, 7) is 4.11. The molecule has 5 heteroatoms. The zero-order valence-corrected chi connectivity index (χ0v) is 13.0. The molecule has 0 saturated heterocycles. The lowest BCUT2D eigenvalue weighted by Gasteiger charge is -2.15. The van der Waals surface area contributed by atoms with Crippen LogP contribution in [0.3, 0.4) is 0 Å². The highest BCUT2D eigenvalue weighted by Crippen LogP contribution is 2.31. The summed E-state index contributed by atoms with van der Waals surface area (Å²) in [4.78, 5) is 24.1. The van der Waals surface area contributed by atoms with Gasteiger partial charge in [-0.25, -0.2) is 0 Å². The fraction of sp³-hybridized carbons (Fsp3) is 0.412. The molecule has 0 atom stereocenters. The highest BCUT2D eigenvalue weighted by molar-refractivity contribution is 6.10. The highest BCUT2D eigenvalue weighted by Gasteiger charge is 2.23. The van der Waals surface area contributed by atoms with Gasteiger partial charge in [-0.05, 0) is 25.0 Å². The van der Waals surface area contributed by atoms with E-state index in [0.717, 1.165) is 25.7 Å². The Balaban J connectivity index is 2.35. The van der Waals surface area contributed by atoms with Gasteiger partial charge in [0.1, 0.15) is 11.3 Å². The Morgan fingerprint density at radius 1 is 1.18 bits per heavy atom. The van der Waals surface area contributed by atoms with Crippen LogP contribution in [0.5, 0.6) is 0 Å². The van der Waals surface area contributed by atoms with E-state index < -0.39 is 5.91 Å². The topological polar surface area (TPSA) is 85.3 Å². The average molecular weight is 302 g/mol. The van der Waals surface area contributed by atoms with Gasteiger partial charge in [0, 0.05) is 11.3 Å². The molecule has 2 amide bonds. The number of amides is 2. The molecule has 22 heavy (non-hydrogen) atoms. The number of para-hydroxylation sites is 1. The number of nitrogens with one attached hydrogen (secondary N) is 1. The number of carbonyl (C=O) groups is 2. The van der Waals surface area contributed by atoms with Gasteiger partial charge in [-0.15, -0.1) is 0 Å². The number of hydrogen-bond donors (Lipinski definition) is 2. The molecule has 0 spiro atoms. The first kappa shape index (κ1) is 16.1. The van der Waals surface area contributed by atoms with Crippen molar-refractivity contribution < 1.29 is 14.0 Å². The quantitative estimate of drug-likeness (QED) is 0.818. The van der Waals surface area contributed by atoms with Crippen LogP contribution in [0.4, 0.5) is 5.69 Å². The van der Waals surface area contributed by atoms with E-state index in [2.05, 4.69) is 19.2 Å². The molecule has 0 fully saturated rings. The van der Waals surface area contributed by atoms with Crippen LogP contribution in [0.15, 0.2) is 28.7 Å². The molecule has 0 unspecified atom stereocenters. The molecule has 0 radical (unpaired) electrons. The van der Waals surface area contributed by atoms with Gasteiger partial charge >= 0.3 is 0 Å². The smallest absolute Gasteiger partial charge is 0.286 e. The van der Waals surface area contributed by atoms with Gasteiger partial charge in [-0.2, -0.15) is 0 Å². The van der Waals surface area contributed by atoms with E-state index in [4.69, 9.17) is 10.2 Å². The van der Waals surface area contributed by atoms with E-state index in [0.29, 0.717) is 16.7 Å². The Hall–Kier alpha value is -2.30. The summed E-state index contributed by atoms with van der Waals surface area (Å²) in [5, 5.41) is 3.54. The van der Waals surface area contributed by atoms with Crippen LogP contribution in [0.1, 0.15) is 50.1 Å². The number of fused-ring (bicyclic) bond motifs is 1. The van der Waals surface area contributed by atoms with Crippen molar-refractivity contribution in [2.75, 3.05) is 5.32 Å². The van der Waals surface area contributed by atoms with E-state index in [-0.39, 0.29) is 17.6 Å². The number of furan rings is 1. The number of nitrogens with two attached hydrogens (primary N) is 1. The van der Waals surface area contributed by atoms with Crippen molar-refractivity contribution >= 4 is 28.5 Å². The molecule has 0 aliphatic carbocycles. The van der Waals surface area contributed by atoms with Crippen LogP contribution in [-0.4, -0.2) is 11.8 Å². The largest absolute Gasteiger partial charge is 0.449 e. The maximum Gasteiger partial charge on any atom is 0.286 e. The fourth-order valence-electron chi connectivity index (χ4n) is 2.67. The van der Waals surface area contributed by atoms with Gasteiger partial charge in [0.15, 0.2) is 0 Å². The zero-order chi connectivity index (χ0) is 16.1.